The quantitative estimate of drug-likeness (QED) is 0.806. The van der Waals surface area contributed by atoms with E-state index in [9.17, 15) is 4.39 Å². The average molecular weight is 250 g/mol. The van der Waals surface area contributed by atoms with Gasteiger partial charge in [-0.25, -0.2) is 4.39 Å². The lowest BCUT2D eigenvalue weighted by Gasteiger charge is -2.12. The summed E-state index contributed by atoms with van der Waals surface area (Å²) in [6, 6.07) is 4.99. The normalized spacial score (nSPS) is 21.6. The summed E-state index contributed by atoms with van der Waals surface area (Å²) in [6.45, 7) is 0.813. The maximum atomic E-state index is 13.3. The van der Waals surface area contributed by atoms with Crippen LogP contribution in [0.4, 0.5) is 4.39 Å². The molecule has 2 heterocycles. The van der Waals surface area contributed by atoms with Crippen LogP contribution < -0.4 is 4.74 Å². The molecule has 0 saturated heterocycles. The molecule has 2 aliphatic rings. The smallest absolute Gasteiger partial charge is 0.168 e. The Balaban J connectivity index is 1.89. The molecule has 0 spiro atoms. The van der Waals surface area contributed by atoms with E-state index < -0.39 is 0 Å². The van der Waals surface area contributed by atoms with Crippen LogP contribution in [0.5, 0.6) is 5.75 Å². The van der Waals surface area contributed by atoms with Gasteiger partial charge >= 0.3 is 0 Å². The number of methoxy groups -OCH3 is 1. The lowest BCUT2D eigenvalue weighted by molar-refractivity contribution is 0.385. The number of ether oxygens (including phenoxy) is 1. The van der Waals surface area contributed by atoms with E-state index in [4.69, 9.17) is 4.74 Å². The van der Waals surface area contributed by atoms with Gasteiger partial charge in [0.15, 0.2) is 16.7 Å². The number of hydrogen-bond donors (Lipinski definition) is 0. The zero-order valence-electron chi connectivity index (χ0n) is 9.26. The largest absolute Gasteiger partial charge is 0.494 e. The van der Waals surface area contributed by atoms with Crippen molar-refractivity contribution in [3.05, 3.63) is 41.2 Å². The van der Waals surface area contributed by atoms with Crippen LogP contribution in [0.2, 0.25) is 0 Å². The molecule has 0 fully saturated rings. The van der Waals surface area contributed by atoms with Crippen molar-refractivity contribution in [1.82, 2.24) is 4.90 Å². The van der Waals surface area contributed by atoms with E-state index in [-0.39, 0.29) is 17.6 Å². The molecule has 17 heavy (non-hydrogen) atoms. The Kier molecular flexibility index (Phi) is 2.55. The van der Waals surface area contributed by atoms with E-state index in [1.54, 1.807) is 23.9 Å². The van der Waals surface area contributed by atoms with Gasteiger partial charge in [0.2, 0.25) is 0 Å². The lowest BCUT2D eigenvalue weighted by atomic mass is 10.1. The second kappa shape index (κ2) is 4.07. The third kappa shape index (κ3) is 1.80. The fraction of sp³-hybridized carbons (Fsp3) is 0.250. The number of aliphatic imine (C=N–C) groups is 1. The molecule has 0 bridgehead atoms. The van der Waals surface area contributed by atoms with Crippen molar-refractivity contribution in [3.8, 4) is 5.75 Å². The number of rotatable bonds is 2. The van der Waals surface area contributed by atoms with Crippen LogP contribution in [0.3, 0.4) is 0 Å². The SMILES string of the molecule is COc1cc(C2CN3C=CSC3=N2)ccc1F. The van der Waals surface area contributed by atoms with Gasteiger partial charge in [0.25, 0.3) is 0 Å². The highest BCUT2D eigenvalue weighted by Gasteiger charge is 2.27. The summed E-state index contributed by atoms with van der Waals surface area (Å²) < 4.78 is 18.3. The molecule has 2 aliphatic heterocycles. The van der Waals surface area contributed by atoms with Crippen molar-refractivity contribution in [2.75, 3.05) is 13.7 Å². The maximum absolute atomic E-state index is 13.3. The molecule has 0 aliphatic carbocycles. The highest BCUT2D eigenvalue weighted by atomic mass is 32.2. The van der Waals surface area contributed by atoms with E-state index >= 15 is 0 Å². The van der Waals surface area contributed by atoms with Crippen LogP contribution in [-0.4, -0.2) is 23.7 Å². The molecule has 3 rings (SSSR count). The highest BCUT2D eigenvalue weighted by molar-refractivity contribution is 8.16. The number of fused-ring (bicyclic) bond motifs is 1. The average Bonchev–Trinajstić information content (AvgIpc) is 2.90. The van der Waals surface area contributed by atoms with Gasteiger partial charge < -0.3 is 9.64 Å². The number of nitrogens with zero attached hydrogens (tertiary/aromatic N) is 2. The molecule has 0 radical (unpaired) electrons. The standard InChI is InChI=1S/C12H11FN2OS/c1-16-11-6-8(2-3-9(11)13)10-7-15-4-5-17-12(15)14-10/h2-6,10H,7H2,1H3. The first-order valence-corrected chi connectivity index (χ1v) is 6.17. The molecule has 1 aromatic carbocycles. The molecule has 3 nitrogen and oxygen atoms in total. The Morgan fingerprint density at radius 2 is 2.41 bits per heavy atom. The second-order valence-electron chi connectivity index (χ2n) is 3.88. The van der Waals surface area contributed by atoms with Crippen LogP contribution in [0.1, 0.15) is 11.6 Å². The second-order valence-corrected chi connectivity index (χ2v) is 4.75. The van der Waals surface area contributed by atoms with Crippen LogP contribution in [0, 0.1) is 5.82 Å². The topological polar surface area (TPSA) is 24.8 Å². The van der Waals surface area contributed by atoms with Crippen molar-refractivity contribution < 1.29 is 9.13 Å². The summed E-state index contributed by atoms with van der Waals surface area (Å²) in [5.74, 6) is -0.0605. The number of amidine groups is 1. The third-order valence-electron chi connectivity index (χ3n) is 2.86. The number of benzene rings is 1. The minimum absolute atomic E-state index is 0.0666. The summed E-state index contributed by atoms with van der Waals surface area (Å²) in [4.78, 5) is 6.69. The monoisotopic (exact) mass is 250 g/mol. The predicted molar refractivity (Wildman–Crippen MR) is 66.6 cm³/mol. The Morgan fingerprint density at radius 1 is 1.53 bits per heavy atom. The highest BCUT2D eigenvalue weighted by Crippen LogP contribution is 2.34. The molecule has 1 aromatic rings. The minimum Gasteiger partial charge on any atom is -0.494 e. The van der Waals surface area contributed by atoms with Gasteiger partial charge in [0.05, 0.1) is 19.7 Å². The fourth-order valence-electron chi connectivity index (χ4n) is 1.96. The van der Waals surface area contributed by atoms with E-state index in [1.165, 1.54) is 13.2 Å². The lowest BCUT2D eigenvalue weighted by Crippen LogP contribution is -2.16. The van der Waals surface area contributed by atoms with E-state index in [0.717, 1.165) is 17.3 Å². The first kappa shape index (κ1) is 10.7. The van der Waals surface area contributed by atoms with Crippen LogP contribution >= 0.6 is 11.8 Å². The Labute approximate surface area is 103 Å². The summed E-state index contributed by atoms with van der Waals surface area (Å²) in [6.07, 6.45) is 2.02. The van der Waals surface area contributed by atoms with Crippen molar-refractivity contribution in [1.29, 1.82) is 0 Å². The fourth-order valence-corrected chi connectivity index (χ4v) is 2.75. The van der Waals surface area contributed by atoms with Crippen molar-refractivity contribution >= 4 is 16.9 Å². The zero-order chi connectivity index (χ0) is 11.8. The number of thioether (sulfide) groups is 1. The van der Waals surface area contributed by atoms with Crippen molar-refractivity contribution in [3.63, 3.8) is 0 Å². The van der Waals surface area contributed by atoms with Gasteiger partial charge in [-0.15, -0.1) is 0 Å². The molecule has 0 saturated carbocycles. The molecular weight excluding hydrogens is 239 g/mol. The minimum atomic E-state index is -0.336. The Morgan fingerprint density at radius 3 is 3.18 bits per heavy atom. The van der Waals surface area contributed by atoms with Gasteiger partial charge in [0.1, 0.15) is 0 Å². The van der Waals surface area contributed by atoms with Gasteiger partial charge in [-0.2, -0.15) is 0 Å². The molecular formula is C12H11FN2OS. The predicted octanol–water partition coefficient (Wildman–Crippen LogP) is 2.77. The summed E-state index contributed by atoms with van der Waals surface area (Å²) >= 11 is 1.61. The van der Waals surface area contributed by atoms with Gasteiger partial charge in [-0.1, -0.05) is 17.8 Å². The summed E-state index contributed by atoms with van der Waals surface area (Å²) in [5.41, 5.74) is 0.985. The summed E-state index contributed by atoms with van der Waals surface area (Å²) in [7, 11) is 1.47. The molecule has 0 amide bonds. The first-order chi connectivity index (χ1) is 8.28. The Hall–Kier alpha value is -1.49. The van der Waals surface area contributed by atoms with E-state index in [1.807, 2.05) is 11.6 Å². The molecule has 0 N–H and O–H groups in total. The number of hydrogen-bond acceptors (Lipinski definition) is 4. The molecule has 1 unspecified atom stereocenters. The molecule has 0 aromatic heterocycles. The van der Waals surface area contributed by atoms with E-state index in [0.29, 0.717) is 0 Å². The van der Waals surface area contributed by atoms with Gasteiger partial charge in [-0.3, -0.25) is 4.99 Å². The van der Waals surface area contributed by atoms with E-state index in [2.05, 4.69) is 9.89 Å². The van der Waals surface area contributed by atoms with Crippen molar-refractivity contribution in [2.45, 2.75) is 6.04 Å². The van der Waals surface area contributed by atoms with Crippen molar-refractivity contribution in [2.24, 2.45) is 4.99 Å². The first-order valence-electron chi connectivity index (χ1n) is 5.29. The van der Waals surface area contributed by atoms with Gasteiger partial charge in [-0.05, 0) is 23.1 Å². The maximum Gasteiger partial charge on any atom is 0.168 e. The Bertz CT molecular complexity index is 515. The molecule has 5 heteroatoms. The number of halogens is 1. The molecule has 88 valence electrons. The van der Waals surface area contributed by atoms with Crippen LogP contribution in [0.25, 0.3) is 0 Å². The third-order valence-corrected chi connectivity index (χ3v) is 3.66. The zero-order valence-corrected chi connectivity index (χ0v) is 10.1. The van der Waals surface area contributed by atoms with Crippen LogP contribution in [0.15, 0.2) is 34.8 Å². The molecule has 1 atom stereocenters. The van der Waals surface area contributed by atoms with Crippen LogP contribution in [-0.2, 0) is 0 Å². The summed E-state index contributed by atoms with van der Waals surface area (Å²) in [5, 5.41) is 3.03. The van der Waals surface area contributed by atoms with Gasteiger partial charge in [0, 0.05) is 6.20 Å².